The van der Waals surface area contributed by atoms with Gasteiger partial charge in [0.1, 0.15) is 11.8 Å². The van der Waals surface area contributed by atoms with Crippen LogP contribution in [0.3, 0.4) is 0 Å². The van der Waals surface area contributed by atoms with E-state index in [4.69, 9.17) is 0 Å². The van der Waals surface area contributed by atoms with Gasteiger partial charge >= 0.3 is 0 Å². The third kappa shape index (κ3) is 3.47. The summed E-state index contributed by atoms with van der Waals surface area (Å²) in [5, 5.41) is 9.21. The van der Waals surface area contributed by atoms with Gasteiger partial charge in [-0.3, -0.25) is 0 Å². The monoisotopic (exact) mass is 463 g/mol. The minimum absolute atomic E-state index is 0.0902. The van der Waals surface area contributed by atoms with Gasteiger partial charge in [-0.05, 0) is 58.1 Å². The number of hydrogen-bond acceptors (Lipinski definition) is 3. The molecule has 0 amide bonds. The molecule has 3 nitrogen and oxygen atoms in total. The molecule has 172 valence electrons. The first-order valence-electron chi connectivity index (χ1n) is 12.1. The van der Waals surface area contributed by atoms with Crippen molar-refractivity contribution >= 4 is 17.1 Å². The highest BCUT2D eigenvalue weighted by atomic mass is 15.2. The van der Waals surface area contributed by atoms with E-state index >= 15 is 0 Å². The second-order valence-corrected chi connectivity index (χ2v) is 9.63. The predicted octanol–water partition coefficient (Wildman–Crippen LogP) is 8.40. The first kappa shape index (κ1) is 21.8. The molecule has 0 fully saturated rings. The summed E-state index contributed by atoms with van der Waals surface area (Å²) in [7, 11) is 0. The fourth-order valence-corrected chi connectivity index (χ4v) is 5.35. The molecule has 5 aromatic rings. The second kappa shape index (κ2) is 8.52. The summed E-state index contributed by atoms with van der Waals surface area (Å²) in [5.74, 6) is 0. The first-order valence-corrected chi connectivity index (χ1v) is 12.1. The van der Waals surface area contributed by atoms with Gasteiger partial charge in [-0.15, -0.1) is 0 Å². The normalized spacial score (nSPS) is 13.4. The summed E-state index contributed by atoms with van der Waals surface area (Å²) >= 11 is 0. The zero-order chi connectivity index (χ0) is 24.7. The van der Waals surface area contributed by atoms with Gasteiger partial charge in [-0.25, -0.2) is 4.98 Å². The highest BCUT2D eigenvalue weighted by Gasteiger charge is 2.36. The number of nitrogens with zero attached hydrogens (tertiary/aromatic N) is 3. The summed E-state index contributed by atoms with van der Waals surface area (Å²) in [6.07, 6.45) is 1.68. The Morgan fingerprint density at radius 1 is 0.639 bits per heavy atom. The number of hydrogen-bond donors (Lipinski definition) is 0. The van der Waals surface area contributed by atoms with Crippen LogP contribution in [0.25, 0.3) is 22.3 Å². The SMILES string of the molecule is CC1(C)c2ccccc2N(c2ccccc2-c2ccc(-c3ccnc(C#N)c3)cc2)c2ccccc21. The molecule has 0 saturated carbocycles. The van der Waals surface area contributed by atoms with E-state index in [9.17, 15) is 5.26 Å². The third-order valence-corrected chi connectivity index (χ3v) is 7.19. The Hall–Kier alpha value is -4.68. The summed E-state index contributed by atoms with van der Waals surface area (Å²) in [4.78, 5) is 6.50. The number of para-hydroxylation sites is 3. The van der Waals surface area contributed by atoms with Crippen LogP contribution < -0.4 is 4.90 Å². The molecule has 0 aliphatic carbocycles. The Bertz CT molecular complexity index is 1570. The van der Waals surface area contributed by atoms with E-state index in [0.29, 0.717) is 5.69 Å². The van der Waals surface area contributed by atoms with Crippen molar-refractivity contribution in [3.05, 3.63) is 132 Å². The smallest absolute Gasteiger partial charge is 0.141 e. The molecule has 0 bridgehead atoms. The molecule has 0 atom stereocenters. The average molecular weight is 464 g/mol. The van der Waals surface area contributed by atoms with Crippen molar-refractivity contribution in [1.29, 1.82) is 5.26 Å². The van der Waals surface area contributed by atoms with Gasteiger partial charge < -0.3 is 4.90 Å². The van der Waals surface area contributed by atoms with Gasteiger partial charge in [0.15, 0.2) is 0 Å². The number of nitriles is 1. The topological polar surface area (TPSA) is 39.9 Å². The lowest BCUT2D eigenvalue weighted by molar-refractivity contribution is 0.632. The van der Waals surface area contributed by atoms with Crippen LogP contribution in [0.15, 0.2) is 115 Å². The van der Waals surface area contributed by atoms with Crippen molar-refractivity contribution in [3.8, 4) is 28.3 Å². The molecule has 1 aliphatic heterocycles. The zero-order valence-electron chi connectivity index (χ0n) is 20.3. The van der Waals surface area contributed by atoms with Crippen LogP contribution >= 0.6 is 0 Å². The highest BCUT2D eigenvalue weighted by Crippen LogP contribution is 2.53. The van der Waals surface area contributed by atoms with E-state index in [0.717, 1.165) is 22.4 Å². The summed E-state index contributed by atoms with van der Waals surface area (Å²) in [5.41, 5.74) is 10.9. The van der Waals surface area contributed by atoms with Gasteiger partial charge in [0.05, 0.1) is 17.1 Å². The molecule has 3 heteroatoms. The molecular weight excluding hydrogens is 438 g/mol. The van der Waals surface area contributed by atoms with E-state index in [-0.39, 0.29) is 5.41 Å². The van der Waals surface area contributed by atoms with Crippen molar-refractivity contribution in [1.82, 2.24) is 4.98 Å². The van der Waals surface area contributed by atoms with Crippen molar-refractivity contribution in [3.63, 3.8) is 0 Å². The van der Waals surface area contributed by atoms with Crippen LogP contribution in [0.1, 0.15) is 30.7 Å². The van der Waals surface area contributed by atoms with Crippen LogP contribution in [0.5, 0.6) is 0 Å². The molecule has 1 aliphatic rings. The van der Waals surface area contributed by atoms with Gasteiger partial charge in [0.2, 0.25) is 0 Å². The molecule has 0 saturated heterocycles. The fourth-order valence-electron chi connectivity index (χ4n) is 5.35. The largest absolute Gasteiger partial charge is 0.309 e. The minimum atomic E-state index is -0.0902. The number of pyridine rings is 1. The Balaban J connectivity index is 1.49. The molecule has 0 unspecified atom stereocenters. The van der Waals surface area contributed by atoms with E-state index in [2.05, 4.69) is 127 Å². The second-order valence-electron chi connectivity index (χ2n) is 9.63. The van der Waals surface area contributed by atoms with Gasteiger partial charge in [0.25, 0.3) is 0 Å². The fraction of sp³-hybridized carbons (Fsp3) is 0.0909. The van der Waals surface area contributed by atoms with Crippen molar-refractivity contribution in [2.75, 3.05) is 4.90 Å². The summed E-state index contributed by atoms with van der Waals surface area (Å²) < 4.78 is 0. The molecule has 36 heavy (non-hydrogen) atoms. The number of aromatic nitrogens is 1. The third-order valence-electron chi connectivity index (χ3n) is 7.19. The Morgan fingerprint density at radius 3 is 1.83 bits per heavy atom. The molecule has 0 spiro atoms. The number of benzene rings is 4. The number of fused-ring (bicyclic) bond motifs is 2. The average Bonchev–Trinajstić information content (AvgIpc) is 2.94. The number of rotatable bonds is 3. The van der Waals surface area contributed by atoms with Crippen LogP contribution in [-0.2, 0) is 5.41 Å². The maximum absolute atomic E-state index is 9.21. The standard InChI is InChI=1S/C33H25N3/c1-33(2)28-10-4-7-13-31(28)36(32-14-8-5-11-29(32)33)30-12-6-3-9-27(30)24-17-15-23(16-18-24)25-19-20-35-26(21-25)22-34/h3-21H,1-2H3. The van der Waals surface area contributed by atoms with Gasteiger partial charge in [0, 0.05) is 17.2 Å². The predicted molar refractivity (Wildman–Crippen MR) is 147 cm³/mol. The molecule has 2 heterocycles. The van der Waals surface area contributed by atoms with Crippen LogP contribution in [0, 0.1) is 11.3 Å². The van der Waals surface area contributed by atoms with Crippen LogP contribution in [0.4, 0.5) is 17.1 Å². The molecule has 0 radical (unpaired) electrons. The lowest BCUT2D eigenvalue weighted by atomic mass is 9.73. The lowest BCUT2D eigenvalue weighted by Gasteiger charge is -2.42. The summed E-state index contributed by atoms with van der Waals surface area (Å²) in [6, 6.07) is 40.5. The molecule has 1 aromatic heterocycles. The van der Waals surface area contributed by atoms with Crippen LogP contribution in [0.2, 0.25) is 0 Å². The molecule has 6 rings (SSSR count). The summed E-state index contributed by atoms with van der Waals surface area (Å²) in [6.45, 7) is 4.62. The van der Waals surface area contributed by atoms with Gasteiger partial charge in [-0.1, -0.05) is 92.7 Å². The van der Waals surface area contributed by atoms with E-state index in [1.807, 2.05) is 12.1 Å². The molecular formula is C33H25N3. The number of anilines is 3. The Morgan fingerprint density at radius 2 is 1.19 bits per heavy atom. The van der Waals surface area contributed by atoms with Gasteiger partial charge in [-0.2, -0.15) is 5.26 Å². The Labute approximate surface area is 211 Å². The highest BCUT2D eigenvalue weighted by molar-refractivity contribution is 5.92. The van der Waals surface area contributed by atoms with Crippen molar-refractivity contribution < 1.29 is 0 Å². The zero-order valence-corrected chi connectivity index (χ0v) is 20.3. The maximum Gasteiger partial charge on any atom is 0.141 e. The minimum Gasteiger partial charge on any atom is -0.309 e. The van der Waals surface area contributed by atoms with Crippen molar-refractivity contribution in [2.24, 2.45) is 0 Å². The first-order chi connectivity index (χ1) is 17.6. The van der Waals surface area contributed by atoms with E-state index < -0.39 is 0 Å². The quantitative estimate of drug-likeness (QED) is 0.270. The van der Waals surface area contributed by atoms with Crippen LogP contribution in [-0.4, -0.2) is 4.98 Å². The molecule has 0 N–H and O–H groups in total. The van der Waals surface area contributed by atoms with E-state index in [1.165, 1.54) is 28.1 Å². The van der Waals surface area contributed by atoms with Crippen molar-refractivity contribution in [2.45, 2.75) is 19.3 Å². The molecule has 4 aromatic carbocycles. The lowest BCUT2D eigenvalue weighted by Crippen LogP contribution is -2.30. The maximum atomic E-state index is 9.21. The Kier molecular flexibility index (Phi) is 5.16. The van der Waals surface area contributed by atoms with E-state index in [1.54, 1.807) is 6.20 Å².